The van der Waals surface area contributed by atoms with Crippen LogP contribution in [0.4, 0.5) is 18.4 Å². The molecule has 5 aliphatic heterocycles. The summed E-state index contributed by atoms with van der Waals surface area (Å²) in [6.07, 6.45) is 0.834. The summed E-state index contributed by atoms with van der Waals surface area (Å²) >= 11 is 0. The van der Waals surface area contributed by atoms with E-state index in [2.05, 4.69) is 31.2 Å². The molecule has 4 saturated heterocycles. The number of rotatable bonds is 13. The molecule has 4 N–H and O–H groups in total. The molecule has 8 heterocycles. The van der Waals surface area contributed by atoms with Crippen molar-refractivity contribution in [3.8, 4) is 51.0 Å². The third kappa shape index (κ3) is 10.1. The zero-order chi connectivity index (χ0) is 53.5. The van der Waals surface area contributed by atoms with Gasteiger partial charge in [0.05, 0.1) is 88.6 Å². The number of methoxy groups -OCH3 is 4. The number of halogens is 2. The van der Waals surface area contributed by atoms with Gasteiger partial charge in [-0.2, -0.15) is 0 Å². The second-order valence-electron chi connectivity index (χ2n) is 20.2. The van der Waals surface area contributed by atoms with Crippen LogP contribution in [0.3, 0.4) is 0 Å². The minimum Gasteiger partial charge on any atom is -0.497 e. The Kier molecular flexibility index (Phi) is 14.5. The first-order chi connectivity index (χ1) is 37.4. The zero-order valence-electron chi connectivity index (χ0n) is 43.1. The number of H-pyrrole nitrogens is 2. The maximum Gasteiger partial charge on any atom is 0.407 e. The fourth-order valence-electron chi connectivity index (χ4n) is 11.7. The third-order valence-corrected chi connectivity index (χ3v) is 15.7. The number of ether oxygens (including phenoxy) is 7. The monoisotopic (exact) mass is 1060 g/mol. The Morgan fingerprint density at radius 1 is 0.662 bits per heavy atom. The van der Waals surface area contributed by atoms with E-state index in [0.29, 0.717) is 92.4 Å². The molecule has 77 heavy (non-hydrogen) atoms. The lowest BCUT2D eigenvalue weighted by atomic mass is 9.90. The summed E-state index contributed by atoms with van der Waals surface area (Å²) in [5.41, 5.74) is 6.07. The molecule has 0 spiro atoms. The van der Waals surface area contributed by atoms with Crippen LogP contribution in [0.2, 0.25) is 0 Å². The van der Waals surface area contributed by atoms with Gasteiger partial charge in [-0.25, -0.2) is 28.3 Å². The van der Waals surface area contributed by atoms with Crippen molar-refractivity contribution in [1.82, 2.24) is 44.9 Å². The molecule has 0 radical (unpaired) electrons. The van der Waals surface area contributed by atoms with Crippen molar-refractivity contribution in [2.45, 2.75) is 81.3 Å². The molecule has 7 atom stereocenters. The van der Waals surface area contributed by atoms with E-state index in [0.717, 1.165) is 38.9 Å². The first-order valence-electron chi connectivity index (χ1n) is 25.9. The molecular formula is C55H61F2N9O11. The number of carbonyl (C=O) groups excluding carboxylic acids is 4. The van der Waals surface area contributed by atoms with Crippen molar-refractivity contribution in [2.24, 2.45) is 11.8 Å². The van der Waals surface area contributed by atoms with E-state index in [1.54, 1.807) is 32.7 Å². The van der Waals surface area contributed by atoms with Gasteiger partial charge in [0.2, 0.25) is 18.0 Å². The molecule has 20 nitrogen and oxygen atoms in total. The van der Waals surface area contributed by atoms with E-state index in [4.69, 9.17) is 43.1 Å². The van der Waals surface area contributed by atoms with Crippen molar-refractivity contribution < 1.29 is 61.1 Å². The van der Waals surface area contributed by atoms with Crippen LogP contribution >= 0.6 is 0 Å². The Morgan fingerprint density at radius 2 is 1.17 bits per heavy atom. The Labute approximate surface area is 442 Å². The Balaban J connectivity index is 0.903. The lowest BCUT2D eigenvalue weighted by molar-refractivity contribution is -0.137. The number of carbonyl (C=O) groups is 4. The summed E-state index contributed by atoms with van der Waals surface area (Å²) in [5.74, 6) is 1.31. The van der Waals surface area contributed by atoms with E-state index < -0.39 is 66.7 Å². The van der Waals surface area contributed by atoms with Gasteiger partial charge < -0.3 is 68.1 Å². The van der Waals surface area contributed by atoms with E-state index in [-0.39, 0.29) is 37.8 Å². The van der Waals surface area contributed by atoms with Gasteiger partial charge in [0.25, 0.3) is 0 Å². The SMILES string of the molecule is COC(=O)NC(C(=O)N1CC(F)C[C@H]1c1ncc(-c2ccc3c(c2)cc2n3C(c3cc(OC)cc(OC)c3)Oc3cc(-c4cnc(C5C[C@@H](F)CN5C(=O)[C@@H](NC(=O)OC)C5CCOCC5)[nH]4)ccc3-2)[nH]1)C1CCOCC1. The van der Waals surface area contributed by atoms with Crippen LogP contribution in [-0.4, -0.2) is 151 Å². The summed E-state index contributed by atoms with van der Waals surface area (Å²) in [6, 6.07) is 16.3. The highest BCUT2D eigenvalue weighted by Gasteiger charge is 2.45. The second-order valence-corrected chi connectivity index (χ2v) is 20.2. The number of aromatic amines is 2. The van der Waals surface area contributed by atoms with Crippen molar-refractivity contribution in [3.63, 3.8) is 0 Å². The number of hydrogen-bond donors (Lipinski definition) is 4. The highest BCUT2D eigenvalue weighted by Crippen LogP contribution is 2.47. The molecule has 11 rings (SSSR count). The number of alkyl halides is 2. The van der Waals surface area contributed by atoms with Crippen LogP contribution in [-0.2, 0) is 28.5 Å². The smallest absolute Gasteiger partial charge is 0.407 e. The lowest BCUT2D eigenvalue weighted by Crippen LogP contribution is -2.53. The highest BCUT2D eigenvalue weighted by atomic mass is 19.1. The van der Waals surface area contributed by atoms with E-state index in [1.807, 2.05) is 48.5 Å². The number of benzene rings is 3. The van der Waals surface area contributed by atoms with Gasteiger partial charge in [0.1, 0.15) is 53.3 Å². The summed E-state index contributed by atoms with van der Waals surface area (Å²) in [6.45, 7) is 1.49. The quantitative estimate of drug-likeness (QED) is 0.0877. The van der Waals surface area contributed by atoms with Crippen molar-refractivity contribution in [2.75, 3.05) is 68.0 Å². The molecule has 3 aromatic carbocycles. The Hall–Kier alpha value is -7.72. The third-order valence-electron chi connectivity index (χ3n) is 15.7. The van der Waals surface area contributed by atoms with Crippen LogP contribution < -0.4 is 24.8 Å². The van der Waals surface area contributed by atoms with E-state index in [1.165, 1.54) is 24.0 Å². The summed E-state index contributed by atoms with van der Waals surface area (Å²) < 4.78 is 72.1. The second kappa shape index (κ2) is 21.7. The van der Waals surface area contributed by atoms with E-state index >= 15 is 8.78 Å². The van der Waals surface area contributed by atoms with Gasteiger partial charge in [-0.3, -0.25) is 9.59 Å². The first kappa shape index (κ1) is 51.4. The van der Waals surface area contributed by atoms with E-state index in [9.17, 15) is 19.2 Å². The molecule has 22 heteroatoms. The fourth-order valence-corrected chi connectivity index (χ4v) is 11.7. The Bertz CT molecular complexity index is 3150. The number of aromatic nitrogens is 5. The van der Waals surface area contributed by atoms with Gasteiger partial charge in [-0.05, 0) is 80.0 Å². The van der Waals surface area contributed by atoms with Crippen molar-refractivity contribution in [1.29, 1.82) is 0 Å². The average Bonchev–Trinajstić information content (AvgIpc) is 4.52. The van der Waals surface area contributed by atoms with Crippen LogP contribution in [0.15, 0.2) is 73.1 Å². The molecule has 5 aliphatic rings. The topological polar surface area (TPSA) is 226 Å². The number of alkyl carbamates (subject to hydrolysis) is 2. The summed E-state index contributed by atoms with van der Waals surface area (Å²) in [7, 11) is 5.65. The largest absolute Gasteiger partial charge is 0.497 e. The Morgan fingerprint density at radius 3 is 1.68 bits per heavy atom. The van der Waals surface area contributed by atoms with Crippen molar-refractivity contribution >= 4 is 34.9 Å². The van der Waals surface area contributed by atoms with Crippen LogP contribution in [0, 0.1) is 11.8 Å². The maximum absolute atomic E-state index is 15.4. The molecular weight excluding hydrogens is 1000 g/mol. The number of amides is 4. The molecule has 4 amide bonds. The number of nitrogens with zero attached hydrogens (tertiary/aromatic N) is 5. The molecule has 0 saturated carbocycles. The van der Waals surface area contributed by atoms with Crippen molar-refractivity contribution in [3.05, 3.63) is 90.3 Å². The van der Waals surface area contributed by atoms with Gasteiger partial charge in [-0.1, -0.05) is 12.1 Å². The number of imidazole rings is 2. The average molecular weight is 1060 g/mol. The molecule has 3 aromatic heterocycles. The minimum atomic E-state index is -1.31. The fraction of sp³-hybridized carbons (Fsp3) is 0.455. The number of hydrogen-bond acceptors (Lipinski definition) is 13. The molecule has 4 fully saturated rings. The number of likely N-dealkylation sites (tertiary alicyclic amines) is 2. The van der Waals surface area contributed by atoms with Crippen LogP contribution in [0.5, 0.6) is 17.2 Å². The molecule has 406 valence electrons. The standard InChI is InChI=1S/C55H61F2N9O11/c1-71-37-18-34(19-38(24-37)72-2)53-66-42-8-6-31(40-25-58-49(60-40)44-22-35(56)27-64(44)51(67)47(62-54(69)73-3)29-9-13-75-14-10-29)17-33(42)20-43(66)39-7-5-32(21-46(39)77-53)41-26-59-50(61-41)45-23-36(57)28-65(45)52(68)48(63-55(70)74-4)30-11-15-76-16-12-30/h5-8,17-21,24-26,29-30,35-36,44-45,47-48,53H,9-16,22-23,27-28H2,1-4H3,(H,58,60)(H,59,61)(H,62,69)(H,63,70)/t35?,36-,44+,45?,47?,48+,53?/m1/s1. The molecule has 6 aromatic rings. The predicted molar refractivity (Wildman–Crippen MR) is 275 cm³/mol. The minimum absolute atomic E-state index is 0.0268. The maximum atomic E-state index is 15.4. The van der Waals surface area contributed by atoms with Gasteiger partial charge in [0.15, 0.2) is 0 Å². The number of nitrogens with one attached hydrogen (secondary N) is 4. The summed E-state index contributed by atoms with van der Waals surface area (Å²) in [5, 5.41) is 6.31. The predicted octanol–water partition coefficient (Wildman–Crippen LogP) is 7.57. The van der Waals surface area contributed by atoms with Crippen LogP contribution in [0.1, 0.15) is 74.0 Å². The van der Waals surface area contributed by atoms with Gasteiger partial charge in [-0.15, -0.1) is 0 Å². The zero-order valence-corrected chi connectivity index (χ0v) is 43.1. The summed E-state index contributed by atoms with van der Waals surface area (Å²) in [4.78, 5) is 72.5. The van der Waals surface area contributed by atoms with Crippen LogP contribution in [0.25, 0.3) is 44.7 Å². The van der Waals surface area contributed by atoms with Gasteiger partial charge >= 0.3 is 12.2 Å². The number of fused-ring (bicyclic) bond motifs is 5. The first-order valence-corrected chi connectivity index (χ1v) is 25.9. The molecule has 0 aliphatic carbocycles. The normalized spacial score (nSPS) is 22.4. The highest BCUT2D eigenvalue weighted by molar-refractivity contribution is 5.93. The molecule has 0 bridgehead atoms. The molecule has 4 unspecified atom stereocenters. The van der Waals surface area contributed by atoms with Gasteiger partial charge in [0, 0.05) is 73.0 Å². The lowest BCUT2D eigenvalue weighted by Gasteiger charge is -2.34.